The molecule has 0 saturated carbocycles. The Labute approximate surface area is 158 Å². The Kier molecular flexibility index (Phi) is 4.73. The van der Waals surface area contributed by atoms with Crippen LogP contribution in [0, 0.1) is 0 Å². The highest BCUT2D eigenvalue weighted by Crippen LogP contribution is 2.35. The Morgan fingerprint density at radius 2 is 1.70 bits per heavy atom. The Morgan fingerprint density at radius 3 is 2.52 bits per heavy atom. The lowest BCUT2D eigenvalue weighted by Crippen LogP contribution is -2.06. The van der Waals surface area contributed by atoms with Crippen molar-refractivity contribution in [3.05, 3.63) is 90.1 Å². The fourth-order valence-corrected chi connectivity index (χ4v) is 3.30. The number of carbonyl (C=O) groups is 1. The van der Waals surface area contributed by atoms with Gasteiger partial charge in [-0.1, -0.05) is 60.7 Å². The summed E-state index contributed by atoms with van der Waals surface area (Å²) in [6.45, 7) is 0.0842. The summed E-state index contributed by atoms with van der Waals surface area (Å²) in [5.74, 6) is -0.123. The van der Waals surface area contributed by atoms with Crippen molar-refractivity contribution < 1.29 is 9.90 Å². The van der Waals surface area contributed by atoms with Crippen LogP contribution in [0.4, 0.5) is 11.4 Å². The van der Waals surface area contributed by atoms with Gasteiger partial charge in [0, 0.05) is 29.7 Å². The molecule has 1 amide bonds. The van der Waals surface area contributed by atoms with Crippen LogP contribution in [0.25, 0.3) is 16.7 Å². The first-order chi connectivity index (χ1) is 13.3. The van der Waals surface area contributed by atoms with E-state index < -0.39 is 0 Å². The van der Waals surface area contributed by atoms with Crippen LogP contribution in [-0.2, 0) is 11.2 Å². The van der Waals surface area contributed by atoms with E-state index in [-0.39, 0.29) is 12.5 Å². The van der Waals surface area contributed by atoms with Crippen molar-refractivity contribution in [3.8, 4) is 11.1 Å². The molecule has 0 unspecified atom stereocenters. The molecular weight excluding hydrogens is 336 g/mol. The largest absolute Gasteiger partial charge is 0.396 e. The van der Waals surface area contributed by atoms with Crippen LogP contribution in [0.1, 0.15) is 11.1 Å². The molecule has 134 valence electrons. The second kappa shape index (κ2) is 7.48. The molecule has 0 saturated heterocycles. The number of para-hydroxylation sites is 1. The third-order valence-corrected chi connectivity index (χ3v) is 4.68. The van der Waals surface area contributed by atoms with Crippen LogP contribution < -0.4 is 10.6 Å². The molecule has 3 aromatic carbocycles. The lowest BCUT2D eigenvalue weighted by Gasteiger charge is -2.09. The summed E-state index contributed by atoms with van der Waals surface area (Å²) in [6, 6.07) is 23.9. The maximum Gasteiger partial charge on any atom is 0.257 e. The topological polar surface area (TPSA) is 61.4 Å². The number of aliphatic hydroxyl groups is 1. The molecule has 0 radical (unpaired) electrons. The number of hydrogen-bond donors (Lipinski definition) is 3. The summed E-state index contributed by atoms with van der Waals surface area (Å²) in [5, 5.41) is 15.4. The SMILES string of the molecule is O=C1Nc2cc(-c3ccccc3)ccc2/C1=C/Nc1ccccc1CCO. The molecule has 27 heavy (non-hydrogen) atoms. The number of nitrogens with one attached hydrogen (secondary N) is 2. The van der Waals surface area contributed by atoms with E-state index in [1.165, 1.54) is 0 Å². The standard InChI is InChI=1S/C23H20N2O2/c26-13-12-17-8-4-5-9-21(17)24-15-20-19-11-10-18(14-22(19)25-23(20)27)16-6-2-1-3-7-16/h1-11,14-15,24,26H,12-13H2,(H,25,27)/b20-15-. The molecule has 1 heterocycles. The van der Waals surface area contributed by atoms with Crippen LogP contribution in [0.15, 0.2) is 79.0 Å². The number of anilines is 2. The first-order valence-electron chi connectivity index (χ1n) is 8.93. The second-order valence-corrected chi connectivity index (χ2v) is 6.41. The molecule has 0 aliphatic carbocycles. The van der Waals surface area contributed by atoms with Gasteiger partial charge in [-0.15, -0.1) is 0 Å². The summed E-state index contributed by atoms with van der Waals surface area (Å²) in [5.41, 5.74) is 6.38. The summed E-state index contributed by atoms with van der Waals surface area (Å²) in [4.78, 5) is 12.5. The first kappa shape index (κ1) is 17.1. The average Bonchev–Trinajstić information content (AvgIpc) is 3.02. The van der Waals surface area contributed by atoms with Crippen LogP contribution in [0.3, 0.4) is 0 Å². The minimum Gasteiger partial charge on any atom is -0.396 e. The van der Waals surface area contributed by atoms with Gasteiger partial charge in [0.2, 0.25) is 0 Å². The van der Waals surface area contributed by atoms with E-state index in [0.717, 1.165) is 33.6 Å². The van der Waals surface area contributed by atoms with E-state index in [1.807, 2.05) is 60.7 Å². The van der Waals surface area contributed by atoms with Gasteiger partial charge in [0.05, 0.1) is 5.57 Å². The van der Waals surface area contributed by atoms with E-state index in [1.54, 1.807) is 6.20 Å². The fraction of sp³-hybridized carbons (Fsp3) is 0.0870. The molecular formula is C23H20N2O2. The maximum absolute atomic E-state index is 12.5. The minimum absolute atomic E-state index is 0.0842. The zero-order valence-electron chi connectivity index (χ0n) is 14.8. The molecule has 3 aromatic rings. The molecule has 0 spiro atoms. The van der Waals surface area contributed by atoms with Crippen molar-refractivity contribution in [1.29, 1.82) is 0 Å². The Bertz CT molecular complexity index is 1010. The number of rotatable bonds is 5. The highest BCUT2D eigenvalue weighted by molar-refractivity contribution is 6.31. The van der Waals surface area contributed by atoms with Gasteiger partial charge in [0.1, 0.15) is 0 Å². The predicted octanol–water partition coefficient (Wildman–Crippen LogP) is 4.29. The monoisotopic (exact) mass is 356 g/mol. The molecule has 4 heteroatoms. The van der Waals surface area contributed by atoms with Gasteiger partial charge in [-0.05, 0) is 35.2 Å². The van der Waals surface area contributed by atoms with Crippen molar-refractivity contribution in [3.63, 3.8) is 0 Å². The number of fused-ring (bicyclic) bond motifs is 1. The first-order valence-corrected chi connectivity index (χ1v) is 8.93. The van der Waals surface area contributed by atoms with E-state index >= 15 is 0 Å². The summed E-state index contributed by atoms with van der Waals surface area (Å²) < 4.78 is 0. The zero-order valence-corrected chi connectivity index (χ0v) is 14.8. The van der Waals surface area contributed by atoms with Crippen molar-refractivity contribution in [2.75, 3.05) is 17.2 Å². The van der Waals surface area contributed by atoms with Crippen molar-refractivity contribution in [2.24, 2.45) is 0 Å². The van der Waals surface area contributed by atoms with Gasteiger partial charge in [-0.25, -0.2) is 0 Å². The van der Waals surface area contributed by atoms with Crippen molar-refractivity contribution in [2.45, 2.75) is 6.42 Å². The van der Waals surface area contributed by atoms with Crippen molar-refractivity contribution in [1.82, 2.24) is 0 Å². The lowest BCUT2D eigenvalue weighted by atomic mass is 10.0. The Morgan fingerprint density at radius 1 is 0.926 bits per heavy atom. The van der Waals surface area contributed by atoms with E-state index in [2.05, 4.69) is 22.8 Å². The molecule has 4 nitrogen and oxygen atoms in total. The average molecular weight is 356 g/mol. The molecule has 0 aromatic heterocycles. The van der Waals surface area contributed by atoms with E-state index in [0.29, 0.717) is 12.0 Å². The number of carbonyl (C=O) groups excluding carboxylic acids is 1. The second-order valence-electron chi connectivity index (χ2n) is 6.41. The van der Waals surface area contributed by atoms with Gasteiger partial charge < -0.3 is 15.7 Å². The normalized spacial score (nSPS) is 14.1. The highest BCUT2D eigenvalue weighted by atomic mass is 16.3. The van der Waals surface area contributed by atoms with Gasteiger partial charge in [0.15, 0.2) is 0 Å². The molecule has 1 aliphatic rings. The lowest BCUT2D eigenvalue weighted by molar-refractivity contribution is -0.110. The molecule has 0 atom stereocenters. The van der Waals surface area contributed by atoms with Crippen LogP contribution in [-0.4, -0.2) is 17.6 Å². The molecule has 0 fully saturated rings. The number of amides is 1. The van der Waals surface area contributed by atoms with Gasteiger partial charge >= 0.3 is 0 Å². The maximum atomic E-state index is 12.5. The number of benzene rings is 3. The van der Waals surface area contributed by atoms with Crippen molar-refractivity contribution >= 4 is 22.9 Å². The van der Waals surface area contributed by atoms with Gasteiger partial charge in [-0.2, -0.15) is 0 Å². The summed E-state index contributed by atoms with van der Waals surface area (Å²) >= 11 is 0. The third-order valence-electron chi connectivity index (χ3n) is 4.68. The number of aliphatic hydroxyl groups excluding tert-OH is 1. The molecule has 4 rings (SSSR count). The quantitative estimate of drug-likeness (QED) is 0.598. The highest BCUT2D eigenvalue weighted by Gasteiger charge is 2.24. The third kappa shape index (κ3) is 3.48. The molecule has 0 bridgehead atoms. The number of hydrogen-bond acceptors (Lipinski definition) is 3. The fourth-order valence-electron chi connectivity index (χ4n) is 3.30. The van der Waals surface area contributed by atoms with Crippen LogP contribution >= 0.6 is 0 Å². The molecule has 3 N–H and O–H groups in total. The smallest absolute Gasteiger partial charge is 0.257 e. The summed E-state index contributed by atoms with van der Waals surface area (Å²) in [6.07, 6.45) is 2.30. The minimum atomic E-state index is -0.123. The Balaban J connectivity index is 1.63. The van der Waals surface area contributed by atoms with Crippen LogP contribution in [0.2, 0.25) is 0 Å². The van der Waals surface area contributed by atoms with E-state index in [9.17, 15) is 9.90 Å². The zero-order chi connectivity index (χ0) is 18.6. The Hall–Kier alpha value is -3.37. The van der Waals surface area contributed by atoms with Crippen LogP contribution in [0.5, 0.6) is 0 Å². The predicted molar refractivity (Wildman–Crippen MR) is 109 cm³/mol. The summed E-state index contributed by atoms with van der Waals surface area (Å²) in [7, 11) is 0. The van der Waals surface area contributed by atoms with E-state index in [4.69, 9.17) is 0 Å². The van der Waals surface area contributed by atoms with Gasteiger partial charge in [0.25, 0.3) is 5.91 Å². The molecule has 1 aliphatic heterocycles. The van der Waals surface area contributed by atoms with Gasteiger partial charge in [-0.3, -0.25) is 4.79 Å².